The van der Waals surface area contributed by atoms with Gasteiger partial charge in [0.05, 0.1) is 13.2 Å². The summed E-state index contributed by atoms with van der Waals surface area (Å²) in [7, 11) is 0. The maximum absolute atomic E-state index is 10.5. The highest BCUT2D eigenvalue weighted by molar-refractivity contribution is 5.71. The Morgan fingerprint density at radius 2 is 1.63 bits per heavy atom. The number of rotatable bonds is 9. The van der Waals surface area contributed by atoms with Crippen LogP contribution in [0.2, 0.25) is 0 Å². The van der Waals surface area contributed by atoms with E-state index in [-0.39, 0.29) is 6.61 Å². The zero-order valence-corrected chi connectivity index (χ0v) is 11.3. The van der Waals surface area contributed by atoms with Gasteiger partial charge in [-0.3, -0.25) is 0 Å². The first-order chi connectivity index (χ1) is 9.13. The van der Waals surface area contributed by atoms with Gasteiger partial charge in [-0.15, -0.1) is 0 Å². The zero-order valence-electron chi connectivity index (χ0n) is 11.3. The van der Waals surface area contributed by atoms with Crippen molar-refractivity contribution in [1.82, 2.24) is 0 Å². The van der Waals surface area contributed by atoms with Gasteiger partial charge in [0.15, 0.2) is 6.10 Å². The molecule has 0 aromatic heterocycles. The van der Waals surface area contributed by atoms with Crippen LogP contribution in [0.15, 0.2) is 24.3 Å². The Morgan fingerprint density at radius 3 is 2.11 bits per heavy atom. The molecule has 1 atom stereocenters. The molecule has 0 saturated carbocycles. The average molecular weight is 268 g/mol. The molecule has 0 aliphatic rings. The summed E-state index contributed by atoms with van der Waals surface area (Å²) in [6.45, 7) is 4.78. The predicted molar refractivity (Wildman–Crippen MR) is 70.8 cm³/mol. The number of hydrogen-bond donors (Lipinski definition) is 1. The van der Waals surface area contributed by atoms with Gasteiger partial charge in [0.1, 0.15) is 18.1 Å². The fraction of sp³-hybridized carbons (Fsp3) is 0.500. The Kier molecular flexibility index (Phi) is 6.74. The van der Waals surface area contributed by atoms with E-state index in [0.29, 0.717) is 19.0 Å². The lowest BCUT2D eigenvalue weighted by Gasteiger charge is -2.10. The molecule has 0 aliphatic heterocycles. The van der Waals surface area contributed by atoms with Crippen LogP contribution in [0.1, 0.15) is 20.3 Å². The molecule has 0 spiro atoms. The lowest BCUT2D eigenvalue weighted by atomic mass is 10.3. The topological polar surface area (TPSA) is 65.0 Å². The third-order valence-electron chi connectivity index (χ3n) is 2.36. The van der Waals surface area contributed by atoms with Crippen LogP contribution in [0.4, 0.5) is 0 Å². The number of ether oxygens (including phenoxy) is 3. The van der Waals surface area contributed by atoms with Gasteiger partial charge in [-0.2, -0.15) is 0 Å². The lowest BCUT2D eigenvalue weighted by Crippen LogP contribution is -2.22. The summed E-state index contributed by atoms with van der Waals surface area (Å²) in [6.07, 6.45) is 0.158. The van der Waals surface area contributed by atoms with Gasteiger partial charge in [-0.25, -0.2) is 4.79 Å². The molecule has 0 aliphatic carbocycles. The summed E-state index contributed by atoms with van der Waals surface area (Å²) >= 11 is 0. The molecular formula is C14H20O5. The molecule has 0 bridgehead atoms. The Hall–Kier alpha value is -1.75. The Labute approximate surface area is 113 Å². The van der Waals surface area contributed by atoms with E-state index in [4.69, 9.17) is 19.3 Å². The second-order valence-electron chi connectivity index (χ2n) is 4.02. The molecule has 1 N–H and O–H groups in total. The molecule has 1 rings (SSSR count). The highest BCUT2D eigenvalue weighted by Crippen LogP contribution is 2.17. The Bertz CT molecular complexity index is 374. The average Bonchev–Trinajstić information content (AvgIpc) is 2.42. The monoisotopic (exact) mass is 268 g/mol. The smallest absolute Gasteiger partial charge is 0.332 e. The second kappa shape index (κ2) is 8.37. The van der Waals surface area contributed by atoms with Crippen molar-refractivity contribution < 1.29 is 24.1 Å². The standard InChI is InChI=1S/C14H20O5/c1-3-8-18-12-4-6-13(7-5-12)19-10-9-17-11(2)14(15)16/h4-7,11H,3,8-10H2,1-2H3,(H,15,16)/t11-/m0/s1. The molecule has 19 heavy (non-hydrogen) atoms. The van der Waals surface area contributed by atoms with Gasteiger partial charge >= 0.3 is 5.97 Å². The molecule has 1 aromatic carbocycles. The van der Waals surface area contributed by atoms with Crippen molar-refractivity contribution in [2.24, 2.45) is 0 Å². The fourth-order valence-corrected chi connectivity index (χ4v) is 1.31. The molecule has 5 nitrogen and oxygen atoms in total. The van der Waals surface area contributed by atoms with E-state index in [2.05, 4.69) is 6.92 Å². The summed E-state index contributed by atoms with van der Waals surface area (Å²) in [6, 6.07) is 7.30. The molecule has 5 heteroatoms. The van der Waals surface area contributed by atoms with Gasteiger partial charge in [-0.1, -0.05) is 6.92 Å². The molecule has 106 valence electrons. The van der Waals surface area contributed by atoms with Crippen LogP contribution in [-0.2, 0) is 9.53 Å². The number of aliphatic carboxylic acids is 1. The maximum atomic E-state index is 10.5. The first-order valence-electron chi connectivity index (χ1n) is 6.33. The van der Waals surface area contributed by atoms with Crippen LogP contribution in [0.3, 0.4) is 0 Å². The van der Waals surface area contributed by atoms with Gasteiger partial charge < -0.3 is 19.3 Å². The molecule has 0 heterocycles. The van der Waals surface area contributed by atoms with Gasteiger partial charge in [0.25, 0.3) is 0 Å². The molecule has 1 aromatic rings. The van der Waals surface area contributed by atoms with Crippen LogP contribution in [0.5, 0.6) is 11.5 Å². The van der Waals surface area contributed by atoms with E-state index in [9.17, 15) is 4.79 Å². The highest BCUT2D eigenvalue weighted by Gasteiger charge is 2.10. The minimum atomic E-state index is -0.975. The van der Waals surface area contributed by atoms with Gasteiger partial charge in [0.2, 0.25) is 0 Å². The summed E-state index contributed by atoms with van der Waals surface area (Å²) in [4.78, 5) is 10.5. The zero-order chi connectivity index (χ0) is 14.1. The Balaban J connectivity index is 2.24. The number of benzene rings is 1. The third kappa shape index (κ3) is 6.10. The van der Waals surface area contributed by atoms with Crippen LogP contribution < -0.4 is 9.47 Å². The van der Waals surface area contributed by atoms with Crippen molar-refractivity contribution in [3.8, 4) is 11.5 Å². The molecule has 0 unspecified atom stereocenters. The Morgan fingerprint density at radius 1 is 1.11 bits per heavy atom. The highest BCUT2D eigenvalue weighted by atomic mass is 16.5. The van der Waals surface area contributed by atoms with Gasteiger partial charge in [0, 0.05) is 0 Å². The van der Waals surface area contributed by atoms with Crippen LogP contribution in [0.25, 0.3) is 0 Å². The summed E-state index contributed by atoms with van der Waals surface area (Å²) in [5.41, 5.74) is 0. The first-order valence-corrected chi connectivity index (χ1v) is 6.33. The number of carboxylic acids is 1. The van der Waals surface area contributed by atoms with Crippen LogP contribution in [-0.4, -0.2) is 37.0 Å². The van der Waals surface area contributed by atoms with Crippen molar-refractivity contribution in [2.45, 2.75) is 26.4 Å². The summed E-state index contributed by atoms with van der Waals surface area (Å²) in [5, 5.41) is 8.62. The van der Waals surface area contributed by atoms with Crippen molar-refractivity contribution >= 4 is 5.97 Å². The van der Waals surface area contributed by atoms with Crippen LogP contribution in [0, 0.1) is 0 Å². The third-order valence-corrected chi connectivity index (χ3v) is 2.36. The van der Waals surface area contributed by atoms with E-state index in [1.54, 1.807) is 0 Å². The summed E-state index contributed by atoms with van der Waals surface area (Å²) < 4.78 is 15.9. The molecule has 0 saturated heterocycles. The SMILES string of the molecule is CCCOc1ccc(OCCO[C@@H](C)C(=O)O)cc1. The van der Waals surface area contributed by atoms with E-state index in [0.717, 1.165) is 12.2 Å². The first kappa shape index (κ1) is 15.3. The van der Waals surface area contributed by atoms with E-state index >= 15 is 0 Å². The lowest BCUT2D eigenvalue weighted by molar-refractivity contribution is -0.149. The molecule has 0 fully saturated rings. The molecule has 0 radical (unpaired) electrons. The van der Waals surface area contributed by atoms with Crippen LogP contribution >= 0.6 is 0 Å². The largest absolute Gasteiger partial charge is 0.494 e. The minimum Gasteiger partial charge on any atom is -0.494 e. The minimum absolute atomic E-state index is 0.238. The van der Waals surface area contributed by atoms with Crippen molar-refractivity contribution in [2.75, 3.05) is 19.8 Å². The van der Waals surface area contributed by atoms with Crippen molar-refractivity contribution in [3.63, 3.8) is 0 Å². The maximum Gasteiger partial charge on any atom is 0.332 e. The summed E-state index contributed by atoms with van der Waals surface area (Å²) in [5.74, 6) is 0.540. The van der Waals surface area contributed by atoms with Crippen molar-refractivity contribution in [1.29, 1.82) is 0 Å². The normalized spacial score (nSPS) is 11.9. The molecule has 0 amide bonds. The van der Waals surface area contributed by atoms with E-state index in [1.807, 2.05) is 24.3 Å². The second-order valence-corrected chi connectivity index (χ2v) is 4.02. The number of hydrogen-bond acceptors (Lipinski definition) is 4. The van der Waals surface area contributed by atoms with E-state index < -0.39 is 12.1 Å². The fourth-order valence-electron chi connectivity index (χ4n) is 1.31. The van der Waals surface area contributed by atoms with Gasteiger partial charge in [-0.05, 0) is 37.6 Å². The van der Waals surface area contributed by atoms with Crippen molar-refractivity contribution in [3.05, 3.63) is 24.3 Å². The quantitative estimate of drug-likeness (QED) is 0.696. The van der Waals surface area contributed by atoms with E-state index in [1.165, 1.54) is 6.92 Å². The predicted octanol–water partition coefficient (Wildman–Crippen LogP) is 2.34. The number of carbonyl (C=O) groups is 1. The molecular weight excluding hydrogens is 248 g/mol. The number of carboxylic acid groups (broad SMARTS) is 1.